The molecule has 2 fully saturated rings. The number of ether oxygens (including phenoxy) is 1. The molecule has 0 radical (unpaired) electrons. The van der Waals surface area contributed by atoms with E-state index in [1.54, 1.807) is 30.9 Å². The average Bonchev–Trinajstić information content (AvgIpc) is 2.73. The second kappa shape index (κ2) is 10.3. The molecule has 186 valence electrons. The fourth-order valence-electron chi connectivity index (χ4n) is 3.98. The molecular weight excluding hydrogens is 468 g/mol. The van der Waals surface area contributed by atoms with Crippen LogP contribution in [0.1, 0.15) is 40.5 Å². The van der Waals surface area contributed by atoms with Crippen LogP contribution in [0.5, 0.6) is 0 Å². The SMILES string of the molecule is CC1CN(S(=O)(=O)c2cccc(NC(=O)N3CCC(NS(=O)(=O)C(C)C)CC3)c2)CC(C)O1. The van der Waals surface area contributed by atoms with Crippen LogP contribution in [-0.4, -0.2) is 81.8 Å². The van der Waals surface area contributed by atoms with Crippen LogP contribution in [0.3, 0.4) is 0 Å². The van der Waals surface area contributed by atoms with Gasteiger partial charge in [0.05, 0.1) is 22.4 Å². The molecule has 2 atom stereocenters. The third-order valence-electron chi connectivity index (χ3n) is 5.84. The normalized spacial score (nSPS) is 23.6. The van der Waals surface area contributed by atoms with Crippen LogP contribution in [0.25, 0.3) is 0 Å². The number of rotatable bonds is 6. The summed E-state index contributed by atoms with van der Waals surface area (Å²) in [7, 11) is -7.08. The molecule has 0 aromatic heterocycles. The molecule has 2 aliphatic heterocycles. The Balaban J connectivity index is 1.61. The molecule has 2 aliphatic rings. The van der Waals surface area contributed by atoms with Gasteiger partial charge < -0.3 is 15.0 Å². The lowest BCUT2D eigenvalue weighted by atomic mass is 10.1. The molecule has 33 heavy (non-hydrogen) atoms. The highest BCUT2D eigenvalue weighted by Crippen LogP contribution is 2.24. The van der Waals surface area contributed by atoms with Crippen LogP contribution in [0.15, 0.2) is 29.2 Å². The molecule has 2 heterocycles. The number of piperidine rings is 1. The summed E-state index contributed by atoms with van der Waals surface area (Å²) in [5.41, 5.74) is 0.387. The molecule has 2 N–H and O–H groups in total. The average molecular weight is 503 g/mol. The lowest BCUT2D eigenvalue weighted by Gasteiger charge is -2.34. The Kier molecular flexibility index (Phi) is 8.05. The number of likely N-dealkylation sites (tertiary alicyclic amines) is 1. The van der Waals surface area contributed by atoms with Crippen molar-refractivity contribution < 1.29 is 26.4 Å². The van der Waals surface area contributed by atoms with Crippen molar-refractivity contribution in [2.75, 3.05) is 31.5 Å². The number of carbonyl (C=O) groups excluding carboxylic acids is 1. The maximum atomic E-state index is 13.1. The van der Waals surface area contributed by atoms with E-state index < -0.39 is 25.3 Å². The molecule has 2 amide bonds. The summed E-state index contributed by atoms with van der Waals surface area (Å²) < 4.78 is 60.1. The molecule has 2 saturated heterocycles. The van der Waals surface area contributed by atoms with E-state index in [1.165, 1.54) is 16.4 Å². The van der Waals surface area contributed by atoms with Gasteiger partial charge in [-0.25, -0.2) is 26.4 Å². The van der Waals surface area contributed by atoms with Gasteiger partial charge in [-0.15, -0.1) is 0 Å². The van der Waals surface area contributed by atoms with E-state index in [-0.39, 0.29) is 42.3 Å². The highest BCUT2D eigenvalue weighted by Gasteiger charge is 2.32. The van der Waals surface area contributed by atoms with Crippen molar-refractivity contribution in [2.24, 2.45) is 0 Å². The minimum Gasteiger partial charge on any atom is -0.373 e. The molecular formula is C21H34N4O6S2. The number of hydrogen-bond donors (Lipinski definition) is 2. The predicted molar refractivity (Wildman–Crippen MR) is 126 cm³/mol. The second-order valence-electron chi connectivity index (χ2n) is 9.01. The first-order valence-electron chi connectivity index (χ1n) is 11.2. The van der Waals surface area contributed by atoms with Gasteiger partial charge in [0.15, 0.2) is 0 Å². The van der Waals surface area contributed by atoms with Crippen LogP contribution in [0, 0.1) is 0 Å². The lowest BCUT2D eigenvalue weighted by Crippen LogP contribution is -2.48. The highest BCUT2D eigenvalue weighted by atomic mass is 32.2. The van der Waals surface area contributed by atoms with E-state index in [0.29, 0.717) is 31.6 Å². The monoisotopic (exact) mass is 502 g/mol. The molecule has 1 aromatic carbocycles. The van der Waals surface area contributed by atoms with E-state index in [2.05, 4.69) is 10.0 Å². The number of nitrogens with zero attached hydrogens (tertiary/aromatic N) is 2. The van der Waals surface area contributed by atoms with Gasteiger partial charge in [0.25, 0.3) is 0 Å². The van der Waals surface area contributed by atoms with E-state index in [1.807, 2.05) is 13.8 Å². The number of amides is 2. The van der Waals surface area contributed by atoms with E-state index >= 15 is 0 Å². The fraction of sp³-hybridized carbons (Fsp3) is 0.667. The highest BCUT2D eigenvalue weighted by molar-refractivity contribution is 7.90. The molecule has 12 heteroatoms. The van der Waals surface area contributed by atoms with Crippen molar-refractivity contribution in [3.05, 3.63) is 24.3 Å². The first-order chi connectivity index (χ1) is 15.4. The van der Waals surface area contributed by atoms with Gasteiger partial charge in [0.1, 0.15) is 0 Å². The number of nitrogens with one attached hydrogen (secondary N) is 2. The number of sulfonamides is 2. The Hall–Kier alpha value is -1.73. The van der Waals surface area contributed by atoms with Crippen molar-refractivity contribution in [2.45, 2.75) is 68.9 Å². The zero-order valence-corrected chi connectivity index (χ0v) is 21.2. The molecule has 0 spiro atoms. The third kappa shape index (κ3) is 6.44. The van der Waals surface area contributed by atoms with Gasteiger partial charge >= 0.3 is 6.03 Å². The molecule has 10 nitrogen and oxygen atoms in total. The fourth-order valence-corrected chi connectivity index (χ4v) is 6.59. The first kappa shape index (κ1) is 25.9. The Morgan fingerprint density at radius 3 is 2.24 bits per heavy atom. The van der Waals surface area contributed by atoms with Gasteiger partial charge in [-0.1, -0.05) is 6.07 Å². The summed E-state index contributed by atoms with van der Waals surface area (Å²) in [4.78, 5) is 14.4. The molecule has 0 saturated carbocycles. The Morgan fingerprint density at radius 1 is 1.06 bits per heavy atom. The molecule has 0 aliphatic carbocycles. The minimum atomic E-state index is -3.72. The third-order valence-corrected chi connectivity index (χ3v) is 9.57. The van der Waals surface area contributed by atoms with Crippen LogP contribution < -0.4 is 10.0 Å². The van der Waals surface area contributed by atoms with Gasteiger partial charge in [-0.3, -0.25) is 0 Å². The van der Waals surface area contributed by atoms with Crippen LogP contribution in [0.2, 0.25) is 0 Å². The van der Waals surface area contributed by atoms with E-state index in [9.17, 15) is 21.6 Å². The first-order valence-corrected chi connectivity index (χ1v) is 14.2. The summed E-state index contributed by atoms with van der Waals surface area (Å²) in [5, 5.41) is 2.26. The van der Waals surface area contributed by atoms with Crippen molar-refractivity contribution >= 4 is 31.8 Å². The lowest BCUT2D eigenvalue weighted by molar-refractivity contribution is -0.0440. The van der Waals surface area contributed by atoms with Crippen LogP contribution in [-0.2, 0) is 24.8 Å². The Morgan fingerprint density at radius 2 is 1.67 bits per heavy atom. The summed E-state index contributed by atoms with van der Waals surface area (Å²) in [6.07, 6.45) is 0.640. The number of benzene rings is 1. The van der Waals surface area contributed by atoms with Crippen molar-refractivity contribution in [3.8, 4) is 0 Å². The van der Waals surface area contributed by atoms with Gasteiger partial charge in [0, 0.05) is 37.9 Å². The minimum absolute atomic E-state index is 0.114. The zero-order chi connectivity index (χ0) is 24.4. The quantitative estimate of drug-likeness (QED) is 0.611. The predicted octanol–water partition coefficient (Wildman–Crippen LogP) is 1.81. The van der Waals surface area contributed by atoms with E-state index in [0.717, 1.165) is 0 Å². The van der Waals surface area contributed by atoms with Gasteiger partial charge in [-0.2, -0.15) is 4.31 Å². The molecule has 3 rings (SSSR count). The van der Waals surface area contributed by atoms with Crippen molar-refractivity contribution in [1.29, 1.82) is 0 Å². The smallest absolute Gasteiger partial charge is 0.321 e. The zero-order valence-electron chi connectivity index (χ0n) is 19.5. The number of morpholine rings is 1. The van der Waals surface area contributed by atoms with Gasteiger partial charge in [-0.05, 0) is 58.7 Å². The number of urea groups is 1. The van der Waals surface area contributed by atoms with Crippen LogP contribution in [0.4, 0.5) is 10.5 Å². The summed E-state index contributed by atoms with van der Waals surface area (Å²) in [6.45, 7) is 8.28. The maximum absolute atomic E-state index is 13.1. The van der Waals surface area contributed by atoms with Gasteiger partial charge in [0.2, 0.25) is 20.0 Å². The summed E-state index contributed by atoms with van der Waals surface area (Å²) in [5.74, 6) is 0. The molecule has 0 bridgehead atoms. The number of carbonyl (C=O) groups is 1. The second-order valence-corrected chi connectivity index (χ2v) is 13.2. The Bertz CT molecular complexity index is 1040. The standard InChI is InChI=1S/C21H34N4O6S2/c1-15(2)32(27,28)23-18-8-10-24(11-9-18)21(26)22-19-6-5-7-20(12-19)33(29,30)25-13-16(3)31-17(4)14-25/h5-7,12,15-18,23H,8-11,13-14H2,1-4H3,(H,22,26). The number of hydrogen-bond acceptors (Lipinski definition) is 6. The van der Waals surface area contributed by atoms with E-state index in [4.69, 9.17) is 4.74 Å². The molecule has 2 unspecified atom stereocenters. The topological polar surface area (TPSA) is 125 Å². The van der Waals surface area contributed by atoms with Crippen LogP contribution >= 0.6 is 0 Å². The maximum Gasteiger partial charge on any atom is 0.321 e. The Labute approximate surface area is 196 Å². The summed E-state index contributed by atoms with van der Waals surface area (Å²) in [6, 6.07) is 5.67. The van der Waals surface area contributed by atoms with Crippen molar-refractivity contribution in [1.82, 2.24) is 13.9 Å². The number of anilines is 1. The summed E-state index contributed by atoms with van der Waals surface area (Å²) >= 11 is 0. The molecule has 1 aromatic rings. The largest absolute Gasteiger partial charge is 0.373 e. The van der Waals surface area contributed by atoms with Crippen molar-refractivity contribution in [3.63, 3.8) is 0 Å².